The average Bonchev–Trinajstić information content (AvgIpc) is 2.94. The van der Waals surface area contributed by atoms with Crippen LogP contribution in [0, 0.1) is 13.8 Å². The summed E-state index contributed by atoms with van der Waals surface area (Å²) in [4.78, 5) is 39.1. The van der Waals surface area contributed by atoms with Gasteiger partial charge < -0.3 is 9.72 Å². The Hall–Kier alpha value is -2.69. The molecule has 0 spiro atoms. The molecule has 0 unspecified atom stereocenters. The number of H-pyrrole nitrogens is 1. The number of hydrogen-bond acceptors (Lipinski definition) is 4. The number of esters is 1. The number of carbonyl (C=O) groups excluding carboxylic acids is 3. The quantitative estimate of drug-likeness (QED) is 0.624. The fraction of sp³-hybridized carbons (Fsp3) is 0.409. The van der Waals surface area contributed by atoms with E-state index in [1.807, 2.05) is 6.07 Å². The third-order valence-electron chi connectivity index (χ3n) is 5.19. The highest BCUT2D eigenvalue weighted by molar-refractivity contribution is 6.04. The van der Waals surface area contributed by atoms with Crippen molar-refractivity contribution in [1.82, 2.24) is 4.98 Å². The molecule has 0 aliphatic heterocycles. The van der Waals surface area contributed by atoms with Gasteiger partial charge in [0.25, 0.3) is 0 Å². The lowest BCUT2D eigenvalue weighted by Gasteiger charge is -2.16. The molecule has 1 heterocycles. The summed E-state index contributed by atoms with van der Waals surface area (Å²) in [5.74, 6) is -0.849. The smallest absolute Gasteiger partial charge is 0.310 e. The van der Waals surface area contributed by atoms with E-state index in [0.29, 0.717) is 22.5 Å². The number of fused-ring (bicyclic) bond motifs is 1. The van der Waals surface area contributed by atoms with Crippen LogP contribution in [0.3, 0.4) is 0 Å². The molecule has 0 amide bonds. The third-order valence-corrected chi connectivity index (χ3v) is 5.19. The second-order valence-corrected chi connectivity index (χ2v) is 7.25. The number of nitrogens with one attached hydrogen (secondary N) is 1. The van der Waals surface area contributed by atoms with Crippen molar-refractivity contribution in [2.45, 2.75) is 52.9 Å². The van der Waals surface area contributed by atoms with E-state index in [0.717, 1.165) is 18.4 Å². The van der Waals surface area contributed by atoms with Crippen LogP contribution in [0.15, 0.2) is 18.2 Å². The second-order valence-electron chi connectivity index (χ2n) is 7.25. The Morgan fingerprint density at radius 3 is 2.44 bits per heavy atom. The maximum absolute atomic E-state index is 12.4. The molecule has 5 nitrogen and oxygen atoms in total. The molecule has 0 bridgehead atoms. The molecule has 142 valence electrons. The van der Waals surface area contributed by atoms with Crippen LogP contribution >= 0.6 is 0 Å². The Labute approximate surface area is 159 Å². The summed E-state index contributed by atoms with van der Waals surface area (Å²) in [6, 6.07) is 6.14. The highest BCUT2D eigenvalue weighted by Gasteiger charge is 2.21. The van der Waals surface area contributed by atoms with Gasteiger partial charge in [0.05, 0.1) is 12.1 Å². The van der Waals surface area contributed by atoms with Crippen molar-refractivity contribution in [3.63, 3.8) is 0 Å². The number of aryl methyl sites for hydroxylation is 3. The molecule has 3 rings (SSSR count). The van der Waals surface area contributed by atoms with E-state index in [4.69, 9.17) is 4.74 Å². The minimum absolute atomic E-state index is 0.0929. The Morgan fingerprint density at radius 1 is 1.07 bits per heavy atom. The molecular weight excluding hydrogens is 342 g/mol. The van der Waals surface area contributed by atoms with Crippen molar-refractivity contribution in [2.75, 3.05) is 6.61 Å². The van der Waals surface area contributed by atoms with Crippen molar-refractivity contribution in [2.24, 2.45) is 0 Å². The van der Waals surface area contributed by atoms with Gasteiger partial charge in [-0.05, 0) is 68.7 Å². The van der Waals surface area contributed by atoms with Gasteiger partial charge in [-0.15, -0.1) is 0 Å². The van der Waals surface area contributed by atoms with Gasteiger partial charge in [0.2, 0.25) is 5.78 Å². The number of hydrogen-bond donors (Lipinski definition) is 1. The zero-order valence-electron chi connectivity index (χ0n) is 16.1. The maximum atomic E-state index is 12.4. The van der Waals surface area contributed by atoms with Crippen LogP contribution < -0.4 is 0 Å². The standard InChI is InChI=1S/C22H25NO4/c1-13-21(15(3)24)14(2)23-22(13)19(25)12-27-20(26)11-16-8-9-17-6-4-5-7-18(17)10-16/h8-10,23H,4-7,11-12H2,1-3H3. The molecule has 1 aromatic carbocycles. The molecule has 0 atom stereocenters. The lowest BCUT2D eigenvalue weighted by Crippen LogP contribution is -2.17. The van der Waals surface area contributed by atoms with Crippen molar-refractivity contribution >= 4 is 17.5 Å². The summed E-state index contributed by atoms with van der Waals surface area (Å²) in [5, 5.41) is 0. The summed E-state index contributed by atoms with van der Waals surface area (Å²) < 4.78 is 5.18. The van der Waals surface area contributed by atoms with Crippen LogP contribution in [0.4, 0.5) is 0 Å². The summed E-state index contributed by atoms with van der Waals surface area (Å²) >= 11 is 0. The fourth-order valence-corrected chi connectivity index (χ4v) is 3.89. The lowest BCUT2D eigenvalue weighted by atomic mass is 9.90. The molecule has 1 aliphatic carbocycles. The van der Waals surface area contributed by atoms with Gasteiger partial charge >= 0.3 is 5.97 Å². The maximum Gasteiger partial charge on any atom is 0.310 e. The van der Waals surface area contributed by atoms with Crippen molar-refractivity contribution < 1.29 is 19.1 Å². The van der Waals surface area contributed by atoms with Crippen molar-refractivity contribution in [1.29, 1.82) is 0 Å². The van der Waals surface area contributed by atoms with Gasteiger partial charge in [-0.3, -0.25) is 14.4 Å². The monoisotopic (exact) mass is 367 g/mol. The Balaban J connectivity index is 1.60. The SMILES string of the molecule is CC(=O)c1c(C)[nH]c(C(=O)COC(=O)Cc2ccc3c(c2)CCCC3)c1C. The van der Waals surface area contributed by atoms with Gasteiger partial charge in [0.1, 0.15) is 0 Å². The van der Waals surface area contributed by atoms with Crippen molar-refractivity contribution in [3.8, 4) is 0 Å². The number of benzene rings is 1. The minimum atomic E-state index is -0.424. The second kappa shape index (κ2) is 7.91. The van der Waals surface area contributed by atoms with E-state index in [-0.39, 0.29) is 24.6 Å². The van der Waals surface area contributed by atoms with Gasteiger partial charge in [-0.1, -0.05) is 18.2 Å². The fourth-order valence-electron chi connectivity index (χ4n) is 3.89. The van der Waals surface area contributed by atoms with Crippen molar-refractivity contribution in [3.05, 3.63) is 57.4 Å². The zero-order valence-corrected chi connectivity index (χ0v) is 16.1. The van der Waals surface area contributed by atoms with Crippen LogP contribution in [0.5, 0.6) is 0 Å². The van der Waals surface area contributed by atoms with Gasteiger partial charge in [-0.25, -0.2) is 0 Å². The molecule has 2 aromatic rings. The number of rotatable bonds is 6. The highest BCUT2D eigenvalue weighted by Crippen LogP contribution is 2.23. The Kier molecular flexibility index (Phi) is 5.59. The third kappa shape index (κ3) is 4.18. The number of aromatic nitrogens is 1. The minimum Gasteiger partial charge on any atom is -0.457 e. The van der Waals surface area contributed by atoms with Crippen LogP contribution in [-0.4, -0.2) is 29.1 Å². The number of Topliss-reactive ketones (excluding diaryl/α,β-unsaturated/α-hetero) is 2. The Morgan fingerprint density at radius 2 is 1.78 bits per heavy atom. The predicted octanol–water partition coefficient (Wildman–Crippen LogP) is 3.68. The molecule has 1 aromatic heterocycles. The predicted molar refractivity (Wildman–Crippen MR) is 102 cm³/mol. The summed E-state index contributed by atoms with van der Waals surface area (Å²) in [6.07, 6.45) is 4.72. The first-order valence-corrected chi connectivity index (χ1v) is 9.36. The number of ketones is 2. The van der Waals surface area contributed by atoms with Crippen LogP contribution in [0.25, 0.3) is 0 Å². The largest absolute Gasteiger partial charge is 0.457 e. The molecule has 5 heteroatoms. The zero-order chi connectivity index (χ0) is 19.6. The molecule has 0 fully saturated rings. The molecule has 0 radical (unpaired) electrons. The van der Waals surface area contributed by atoms with Gasteiger partial charge in [-0.2, -0.15) is 0 Å². The van der Waals surface area contributed by atoms with E-state index in [1.54, 1.807) is 13.8 Å². The number of ether oxygens (including phenoxy) is 1. The summed E-state index contributed by atoms with van der Waals surface area (Å²) in [5.41, 5.74) is 5.72. The van der Waals surface area contributed by atoms with Crippen LogP contribution in [0.1, 0.15) is 68.6 Å². The number of carbonyl (C=O) groups is 3. The molecular formula is C22H25NO4. The molecule has 0 saturated carbocycles. The Bertz CT molecular complexity index is 907. The van der Waals surface area contributed by atoms with Gasteiger partial charge in [0.15, 0.2) is 12.4 Å². The first kappa shape index (κ1) is 19.1. The first-order chi connectivity index (χ1) is 12.9. The highest BCUT2D eigenvalue weighted by atomic mass is 16.5. The normalized spacial score (nSPS) is 13.1. The average molecular weight is 367 g/mol. The topological polar surface area (TPSA) is 76.2 Å². The lowest BCUT2D eigenvalue weighted by molar-refractivity contribution is -0.141. The molecule has 27 heavy (non-hydrogen) atoms. The van der Waals surface area contributed by atoms with E-state index < -0.39 is 5.97 Å². The first-order valence-electron chi connectivity index (χ1n) is 9.36. The number of aromatic amines is 1. The van der Waals surface area contributed by atoms with Gasteiger partial charge in [0, 0.05) is 11.3 Å². The van der Waals surface area contributed by atoms with E-state index in [1.165, 1.54) is 30.9 Å². The van der Waals surface area contributed by atoms with E-state index >= 15 is 0 Å². The summed E-state index contributed by atoms with van der Waals surface area (Å²) in [6.45, 7) is 4.61. The van der Waals surface area contributed by atoms with E-state index in [9.17, 15) is 14.4 Å². The van der Waals surface area contributed by atoms with Crippen LogP contribution in [-0.2, 0) is 28.8 Å². The van der Waals surface area contributed by atoms with E-state index in [2.05, 4.69) is 17.1 Å². The molecule has 1 aliphatic rings. The molecule has 0 saturated heterocycles. The van der Waals surface area contributed by atoms with Crippen LogP contribution in [0.2, 0.25) is 0 Å². The molecule has 1 N–H and O–H groups in total. The summed E-state index contributed by atoms with van der Waals surface area (Å²) in [7, 11) is 0.